The zero-order valence-electron chi connectivity index (χ0n) is 9.76. The van der Waals surface area contributed by atoms with E-state index in [-0.39, 0.29) is 11.7 Å². The monoisotopic (exact) mass is 228 g/mol. The zero-order chi connectivity index (χ0) is 11.8. The van der Waals surface area contributed by atoms with Crippen molar-refractivity contribution in [3.05, 3.63) is 35.9 Å². The second kappa shape index (κ2) is 4.10. The van der Waals surface area contributed by atoms with E-state index >= 15 is 0 Å². The van der Waals surface area contributed by atoms with Crippen LogP contribution in [0.25, 0.3) is 0 Å². The number of hydrogen-bond donors (Lipinski definition) is 0. The smallest absolute Gasteiger partial charge is 0.163 e. The summed E-state index contributed by atoms with van der Waals surface area (Å²) in [7, 11) is 0. The lowest BCUT2D eigenvalue weighted by Crippen LogP contribution is -2.24. The molecular formula is C15H16O2. The molecule has 0 amide bonds. The van der Waals surface area contributed by atoms with E-state index in [9.17, 15) is 9.59 Å². The minimum Gasteiger partial charge on any atom is -0.299 e. The summed E-state index contributed by atoms with van der Waals surface area (Å²) in [5.41, 5.74) is 0.734. The van der Waals surface area contributed by atoms with Crippen molar-refractivity contribution in [1.82, 2.24) is 0 Å². The molecular weight excluding hydrogens is 212 g/mol. The summed E-state index contributed by atoms with van der Waals surface area (Å²) in [5, 5.41) is 0. The third-order valence-electron chi connectivity index (χ3n) is 4.10. The highest BCUT2D eigenvalue weighted by atomic mass is 16.1. The lowest BCUT2D eigenvalue weighted by molar-refractivity contribution is -0.125. The summed E-state index contributed by atoms with van der Waals surface area (Å²) in [6, 6.07) is 9.29. The highest BCUT2D eigenvalue weighted by Crippen LogP contribution is 2.49. The quantitative estimate of drug-likeness (QED) is 0.745. The van der Waals surface area contributed by atoms with Crippen LogP contribution in [-0.4, -0.2) is 11.6 Å². The number of benzene rings is 1. The molecule has 2 aliphatic carbocycles. The second-order valence-electron chi connectivity index (χ2n) is 5.27. The Hall–Kier alpha value is -1.44. The minimum atomic E-state index is -0.00791. The minimum absolute atomic E-state index is 0.00791. The second-order valence-corrected chi connectivity index (χ2v) is 5.27. The average molecular weight is 228 g/mol. The first kappa shape index (κ1) is 10.7. The topological polar surface area (TPSA) is 34.1 Å². The van der Waals surface area contributed by atoms with Crippen LogP contribution < -0.4 is 0 Å². The molecule has 1 aromatic rings. The first-order valence-corrected chi connectivity index (χ1v) is 6.37. The molecule has 2 saturated carbocycles. The Kier molecular flexibility index (Phi) is 2.58. The van der Waals surface area contributed by atoms with Crippen LogP contribution in [0.3, 0.4) is 0 Å². The summed E-state index contributed by atoms with van der Waals surface area (Å²) in [6.07, 6.45) is 3.54. The summed E-state index contributed by atoms with van der Waals surface area (Å²) in [5.74, 6) is 1.42. The van der Waals surface area contributed by atoms with Crippen molar-refractivity contribution in [2.75, 3.05) is 0 Å². The van der Waals surface area contributed by atoms with Crippen molar-refractivity contribution >= 4 is 11.6 Å². The van der Waals surface area contributed by atoms with Gasteiger partial charge in [-0.3, -0.25) is 9.59 Å². The molecule has 0 radical (unpaired) electrons. The molecule has 0 bridgehead atoms. The predicted molar refractivity (Wildman–Crippen MR) is 64.7 cm³/mol. The first-order valence-electron chi connectivity index (χ1n) is 6.37. The highest BCUT2D eigenvalue weighted by Gasteiger charge is 2.48. The number of Topliss-reactive ketones (excluding diaryl/α,β-unsaturated/α-hetero) is 2. The van der Waals surface area contributed by atoms with Crippen LogP contribution in [0.1, 0.15) is 36.0 Å². The predicted octanol–water partition coefficient (Wildman–Crippen LogP) is 2.87. The summed E-state index contributed by atoms with van der Waals surface area (Å²) < 4.78 is 0. The molecule has 0 saturated heterocycles. The molecule has 1 aromatic carbocycles. The molecule has 17 heavy (non-hydrogen) atoms. The average Bonchev–Trinajstić information content (AvgIpc) is 3.14. The van der Waals surface area contributed by atoms with Gasteiger partial charge in [0.15, 0.2) is 5.78 Å². The largest absolute Gasteiger partial charge is 0.299 e. The molecule has 3 atom stereocenters. The Morgan fingerprint density at radius 3 is 2.71 bits per heavy atom. The van der Waals surface area contributed by atoms with E-state index in [0.29, 0.717) is 24.0 Å². The Morgan fingerprint density at radius 1 is 1.18 bits per heavy atom. The molecule has 0 aromatic heterocycles. The molecule has 0 spiro atoms. The molecule has 2 nitrogen and oxygen atoms in total. The van der Waals surface area contributed by atoms with Crippen molar-refractivity contribution < 1.29 is 9.59 Å². The molecule has 0 aliphatic heterocycles. The summed E-state index contributed by atoms with van der Waals surface area (Å²) >= 11 is 0. The lowest BCUT2D eigenvalue weighted by Gasteiger charge is -2.19. The number of ketones is 2. The fraction of sp³-hybridized carbons (Fsp3) is 0.467. The molecule has 0 heterocycles. The van der Waals surface area contributed by atoms with Gasteiger partial charge in [-0.1, -0.05) is 30.3 Å². The van der Waals surface area contributed by atoms with Crippen LogP contribution in [0.4, 0.5) is 0 Å². The van der Waals surface area contributed by atoms with E-state index in [1.165, 1.54) is 0 Å². The van der Waals surface area contributed by atoms with Gasteiger partial charge in [0.1, 0.15) is 5.78 Å². The van der Waals surface area contributed by atoms with E-state index in [0.717, 1.165) is 24.8 Å². The van der Waals surface area contributed by atoms with Gasteiger partial charge < -0.3 is 0 Å². The van der Waals surface area contributed by atoms with Gasteiger partial charge >= 0.3 is 0 Å². The molecule has 3 unspecified atom stereocenters. The number of fused-ring (bicyclic) bond motifs is 1. The molecule has 2 aliphatic rings. The van der Waals surface area contributed by atoms with E-state index < -0.39 is 0 Å². The van der Waals surface area contributed by atoms with Gasteiger partial charge in [-0.05, 0) is 25.2 Å². The Bertz CT molecular complexity index is 449. The van der Waals surface area contributed by atoms with Gasteiger partial charge in [-0.15, -0.1) is 0 Å². The number of carbonyl (C=O) groups is 2. The molecule has 0 N–H and O–H groups in total. The first-order chi connectivity index (χ1) is 8.25. The van der Waals surface area contributed by atoms with Gasteiger partial charge in [0.2, 0.25) is 0 Å². The van der Waals surface area contributed by atoms with Gasteiger partial charge in [-0.2, -0.15) is 0 Å². The maximum atomic E-state index is 12.0. The van der Waals surface area contributed by atoms with Gasteiger partial charge in [0.25, 0.3) is 0 Å². The van der Waals surface area contributed by atoms with Crippen molar-refractivity contribution in [3.63, 3.8) is 0 Å². The number of hydrogen-bond acceptors (Lipinski definition) is 2. The molecule has 3 rings (SSSR count). The van der Waals surface area contributed by atoms with Crippen LogP contribution in [0.5, 0.6) is 0 Å². The van der Waals surface area contributed by atoms with E-state index in [1.54, 1.807) is 0 Å². The Labute approximate surface area is 101 Å². The summed E-state index contributed by atoms with van der Waals surface area (Å²) in [4.78, 5) is 24.0. The Morgan fingerprint density at radius 2 is 1.94 bits per heavy atom. The standard InChI is InChI=1S/C15H16O2/c16-14(10-4-2-1-3-5-10)9-12-7-6-11-8-13(11)15(12)17/h1-5,11-13H,6-9H2. The van der Waals surface area contributed by atoms with Crippen molar-refractivity contribution in [1.29, 1.82) is 0 Å². The normalized spacial score (nSPS) is 30.8. The molecule has 2 heteroatoms. The molecule has 2 fully saturated rings. The van der Waals surface area contributed by atoms with Crippen molar-refractivity contribution in [2.24, 2.45) is 17.8 Å². The third-order valence-corrected chi connectivity index (χ3v) is 4.10. The fourth-order valence-corrected chi connectivity index (χ4v) is 2.94. The van der Waals surface area contributed by atoms with Gasteiger partial charge in [0.05, 0.1) is 0 Å². The zero-order valence-corrected chi connectivity index (χ0v) is 9.76. The van der Waals surface area contributed by atoms with Crippen molar-refractivity contribution in [3.8, 4) is 0 Å². The van der Waals surface area contributed by atoms with Crippen LogP contribution in [0.2, 0.25) is 0 Å². The number of carbonyl (C=O) groups excluding carboxylic acids is 2. The van der Waals surface area contributed by atoms with E-state index in [1.807, 2.05) is 30.3 Å². The summed E-state index contributed by atoms with van der Waals surface area (Å²) in [6.45, 7) is 0. The fourth-order valence-electron chi connectivity index (χ4n) is 2.94. The maximum absolute atomic E-state index is 12.0. The van der Waals surface area contributed by atoms with E-state index in [4.69, 9.17) is 0 Å². The SMILES string of the molecule is O=C(CC1CCC2CC2C1=O)c1ccccc1. The van der Waals surface area contributed by atoms with Crippen molar-refractivity contribution in [2.45, 2.75) is 25.7 Å². The van der Waals surface area contributed by atoms with Crippen LogP contribution in [-0.2, 0) is 4.79 Å². The lowest BCUT2D eigenvalue weighted by atomic mass is 9.83. The Balaban J connectivity index is 1.67. The van der Waals surface area contributed by atoms with Gasteiger partial charge in [0, 0.05) is 23.8 Å². The van der Waals surface area contributed by atoms with E-state index in [2.05, 4.69) is 0 Å². The van der Waals surface area contributed by atoms with Crippen LogP contribution in [0.15, 0.2) is 30.3 Å². The maximum Gasteiger partial charge on any atom is 0.163 e. The highest BCUT2D eigenvalue weighted by molar-refractivity contribution is 5.99. The van der Waals surface area contributed by atoms with Crippen LogP contribution >= 0.6 is 0 Å². The number of rotatable bonds is 3. The van der Waals surface area contributed by atoms with Crippen LogP contribution in [0, 0.1) is 17.8 Å². The van der Waals surface area contributed by atoms with Gasteiger partial charge in [-0.25, -0.2) is 0 Å². The molecule has 88 valence electrons. The third kappa shape index (κ3) is 2.04.